The summed E-state index contributed by atoms with van der Waals surface area (Å²) < 4.78 is 60.2. The van der Waals surface area contributed by atoms with Crippen LogP contribution in [-0.2, 0) is 22.3 Å². The van der Waals surface area contributed by atoms with Crippen molar-refractivity contribution >= 4 is 57.7 Å². The van der Waals surface area contributed by atoms with Crippen LogP contribution in [0.25, 0.3) is 22.0 Å². The minimum atomic E-state index is -4.83. The zero-order valence-corrected chi connectivity index (χ0v) is 33.9. The molecule has 4 heterocycles. The largest absolute Gasteiger partial charge is 0.417 e. The molecule has 63 heavy (non-hydrogen) atoms. The lowest BCUT2D eigenvalue weighted by atomic mass is 9.94. The van der Waals surface area contributed by atoms with Gasteiger partial charge >= 0.3 is 6.18 Å². The highest BCUT2D eigenvalue weighted by Gasteiger charge is 2.46. The molecule has 1 saturated carbocycles. The van der Waals surface area contributed by atoms with Gasteiger partial charge in [0.05, 0.1) is 51.3 Å². The van der Waals surface area contributed by atoms with Crippen LogP contribution in [0.2, 0.25) is 0 Å². The van der Waals surface area contributed by atoms with E-state index in [-0.39, 0.29) is 75.4 Å². The first kappa shape index (κ1) is 42.4. The van der Waals surface area contributed by atoms with Crippen molar-refractivity contribution in [3.8, 4) is 11.1 Å². The van der Waals surface area contributed by atoms with E-state index >= 15 is 4.39 Å². The first-order chi connectivity index (χ1) is 30.1. The molecule has 16 nitrogen and oxygen atoms in total. The molecular formula is C43H40F4N10O6. The smallest absolute Gasteiger partial charge is 0.387 e. The second-order valence-electron chi connectivity index (χ2n) is 15.6. The molecule has 326 valence electrons. The van der Waals surface area contributed by atoms with E-state index < -0.39 is 65.1 Å². The number of hydrogen-bond donors (Lipinski definition) is 5. The zero-order valence-electron chi connectivity index (χ0n) is 33.9. The average molecular weight is 869 g/mol. The van der Waals surface area contributed by atoms with Crippen molar-refractivity contribution in [3.05, 3.63) is 100 Å². The third kappa shape index (κ3) is 8.52. The highest BCUT2D eigenvalue weighted by atomic mass is 19.4. The molecule has 5 N–H and O–H groups in total. The van der Waals surface area contributed by atoms with Gasteiger partial charge in [0.25, 0.3) is 23.6 Å². The summed E-state index contributed by atoms with van der Waals surface area (Å²) >= 11 is 0. The van der Waals surface area contributed by atoms with E-state index in [2.05, 4.69) is 41.9 Å². The first-order valence-electron chi connectivity index (χ1n) is 20.2. The van der Waals surface area contributed by atoms with Gasteiger partial charge in [-0.2, -0.15) is 13.2 Å². The molecular weight excluding hydrogens is 829 g/mol. The Balaban J connectivity index is 0.871. The fourth-order valence-corrected chi connectivity index (χ4v) is 7.77. The zero-order chi connectivity index (χ0) is 44.7. The number of imide groups is 2. The molecule has 1 aliphatic carbocycles. The summed E-state index contributed by atoms with van der Waals surface area (Å²) in [6.07, 6.45) is 0.774. The van der Waals surface area contributed by atoms with Crippen LogP contribution in [0.3, 0.4) is 0 Å². The van der Waals surface area contributed by atoms with Gasteiger partial charge in [0, 0.05) is 49.9 Å². The number of nitrogens with zero attached hydrogens (tertiary/aromatic N) is 5. The minimum absolute atomic E-state index is 0.00207. The number of alkyl halides is 3. The van der Waals surface area contributed by atoms with Crippen LogP contribution in [0.15, 0.2) is 60.9 Å². The van der Waals surface area contributed by atoms with Crippen molar-refractivity contribution in [1.82, 2.24) is 40.8 Å². The number of hydrogen-bond acceptors (Lipinski definition) is 11. The number of aryl methyl sites for hydroxylation is 1. The second-order valence-corrected chi connectivity index (χ2v) is 15.6. The molecule has 1 saturated heterocycles. The summed E-state index contributed by atoms with van der Waals surface area (Å²) in [6, 6.07) is 8.51. The van der Waals surface area contributed by atoms with Gasteiger partial charge in [0.15, 0.2) is 0 Å². The van der Waals surface area contributed by atoms with Gasteiger partial charge in [-0.1, -0.05) is 17.3 Å². The Morgan fingerprint density at radius 3 is 2.46 bits per heavy atom. The highest BCUT2D eigenvalue weighted by Crippen LogP contribution is 2.42. The van der Waals surface area contributed by atoms with Crippen LogP contribution in [0.1, 0.15) is 104 Å². The van der Waals surface area contributed by atoms with Crippen molar-refractivity contribution in [3.63, 3.8) is 0 Å². The van der Waals surface area contributed by atoms with E-state index in [1.165, 1.54) is 31.4 Å². The minimum Gasteiger partial charge on any atom is -0.387 e. The van der Waals surface area contributed by atoms with Crippen LogP contribution >= 0.6 is 0 Å². The number of aromatic nitrogens is 4. The van der Waals surface area contributed by atoms with Crippen molar-refractivity contribution in [2.24, 2.45) is 0 Å². The average Bonchev–Trinajstić information content (AvgIpc) is 3.87. The molecule has 2 atom stereocenters. The number of pyridine rings is 1. The molecule has 8 rings (SSSR count). The van der Waals surface area contributed by atoms with Crippen molar-refractivity contribution in [2.45, 2.75) is 76.3 Å². The molecule has 5 aromatic rings. The molecule has 20 heteroatoms. The van der Waals surface area contributed by atoms with E-state index in [0.717, 1.165) is 35.9 Å². The summed E-state index contributed by atoms with van der Waals surface area (Å²) in [4.78, 5) is 81.7. The molecule has 2 fully saturated rings. The maximum Gasteiger partial charge on any atom is 0.417 e. The normalized spacial score (nSPS) is 16.8. The van der Waals surface area contributed by atoms with E-state index in [1.54, 1.807) is 29.9 Å². The van der Waals surface area contributed by atoms with Crippen LogP contribution in [0.5, 0.6) is 0 Å². The monoisotopic (exact) mass is 868 g/mol. The van der Waals surface area contributed by atoms with E-state index in [4.69, 9.17) is 0 Å². The Hall–Kier alpha value is -7.25. The van der Waals surface area contributed by atoms with Crippen LogP contribution in [0, 0.1) is 5.82 Å². The molecule has 2 unspecified atom stereocenters. The van der Waals surface area contributed by atoms with E-state index in [1.807, 2.05) is 0 Å². The number of halogens is 4. The number of rotatable bonds is 14. The summed E-state index contributed by atoms with van der Waals surface area (Å²) in [7, 11) is 1.54. The Morgan fingerprint density at radius 1 is 0.952 bits per heavy atom. The van der Waals surface area contributed by atoms with Crippen molar-refractivity contribution in [2.75, 3.05) is 24.2 Å². The number of unbranched alkanes of at least 4 members (excludes halogenated alkanes) is 1. The number of amides is 6. The van der Waals surface area contributed by atoms with Crippen LogP contribution < -0.4 is 26.6 Å². The van der Waals surface area contributed by atoms with Crippen LogP contribution in [0.4, 0.5) is 28.9 Å². The number of benzene rings is 3. The van der Waals surface area contributed by atoms with Gasteiger partial charge in [-0.05, 0) is 86.6 Å². The predicted molar refractivity (Wildman–Crippen MR) is 219 cm³/mol. The van der Waals surface area contributed by atoms with E-state index in [0.29, 0.717) is 30.8 Å². The van der Waals surface area contributed by atoms with Gasteiger partial charge in [0.2, 0.25) is 11.8 Å². The third-order valence-corrected chi connectivity index (χ3v) is 11.2. The molecule has 3 aliphatic rings. The molecule has 3 aromatic carbocycles. The van der Waals surface area contributed by atoms with Crippen molar-refractivity contribution < 1.29 is 46.3 Å². The molecule has 6 amide bonds. The summed E-state index contributed by atoms with van der Waals surface area (Å²) in [5.74, 6) is -4.64. The lowest BCUT2D eigenvalue weighted by molar-refractivity contribution is -0.137. The number of carbonyl (C=O) groups is 6. The Morgan fingerprint density at radius 2 is 1.75 bits per heavy atom. The number of carbonyl (C=O) groups excluding carboxylic acids is 6. The van der Waals surface area contributed by atoms with Gasteiger partial charge in [0.1, 0.15) is 17.6 Å². The predicted octanol–water partition coefficient (Wildman–Crippen LogP) is 5.37. The molecule has 0 spiro atoms. The number of fused-ring (bicyclic) bond motifs is 2. The van der Waals surface area contributed by atoms with Crippen LogP contribution in [-0.4, -0.2) is 86.0 Å². The second kappa shape index (κ2) is 16.9. The van der Waals surface area contributed by atoms with Gasteiger partial charge < -0.3 is 21.3 Å². The van der Waals surface area contributed by atoms with Gasteiger partial charge in [-0.15, -0.1) is 5.10 Å². The SMILES string of the molecule is CNc1c(C(=O)NC2CC2)cnc2cc(C(F)(F)F)c(-c3ccc(C(=O)NCCCCn4cc(C(C)Nc5cccc6c5C(=O)N(C5CCC(=O)NC5=O)C6=O)nn4)c(F)c3)cc12. The maximum absolute atomic E-state index is 15.5. The standard InChI is InChI=1S/C43H40F4N10O6/c1-21(51-31-7-5-6-25-36(31)42(63)57(41(25)62)34-12-13-35(58)53-40(34)61)33-20-56(55-54-33)15-4-3-14-49-38(59)24-11-8-22(16-30(24)44)26-17-27-32(18-29(26)43(45,46)47)50-19-28(37(27)48-2)39(60)52-23-9-10-23/h5-8,11,16-21,23,34,51H,3-4,9-10,12-15H2,1-2H3,(H,48,50)(H,49,59)(H,52,60)(H,53,58,61). The quantitative estimate of drug-likeness (QED) is 0.0545. The molecule has 2 aliphatic heterocycles. The summed E-state index contributed by atoms with van der Waals surface area (Å²) in [5.41, 5.74) is -0.372. The Bertz CT molecular complexity index is 2720. The lowest BCUT2D eigenvalue weighted by Crippen LogP contribution is -2.54. The Kier molecular flexibility index (Phi) is 11.4. The van der Waals surface area contributed by atoms with E-state index in [9.17, 15) is 41.9 Å². The first-order valence-corrected chi connectivity index (χ1v) is 20.2. The molecule has 2 aromatic heterocycles. The fraction of sp³-hybridized carbons (Fsp3) is 0.326. The molecule has 0 radical (unpaired) electrons. The lowest BCUT2D eigenvalue weighted by Gasteiger charge is -2.27. The summed E-state index contributed by atoms with van der Waals surface area (Å²) in [5, 5.41) is 22.4. The number of anilines is 2. The maximum atomic E-state index is 15.5. The third-order valence-electron chi connectivity index (χ3n) is 11.2. The van der Waals surface area contributed by atoms with Gasteiger partial charge in [-0.25, -0.2) is 4.39 Å². The summed E-state index contributed by atoms with van der Waals surface area (Å²) in [6.45, 7) is 2.34. The molecule has 0 bridgehead atoms. The number of piperidine rings is 1. The Labute approximate surface area is 356 Å². The topological polar surface area (TPSA) is 209 Å². The number of nitrogens with one attached hydrogen (secondary N) is 5. The fourth-order valence-electron chi connectivity index (χ4n) is 7.77. The van der Waals surface area contributed by atoms with Crippen molar-refractivity contribution in [1.29, 1.82) is 0 Å². The van der Waals surface area contributed by atoms with Gasteiger partial charge in [-0.3, -0.25) is 48.6 Å². The highest BCUT2D eigenvalue weighted by molar-refractivity contribution is 6.25.